The molecule has 0 nitrogen and oxygen atoms in total. The maximum atomic E-state index is 2.56. The topological polar surface area (TPSA) is 0 Å². The number of hydrogen-bond acceptors (Lipinski definition) is 0. The van der Waals surface area contributed by atoms with Crippen LogP contribution in [0.1, 0.15) is 391 Å². The van der Waals surface area contributed by atoms with Gasteiger partial charge in [-0.1, -0.05) is 186 Å². The van der Waals surface area contributed by atoms with Gasteiger partial charge in [-0.25, -0.2) is 0 Å². The second-order valence-corrected chi connectivity index (χ2v) is 41.0. The van der Waals surface area contributed by atoms with Gasteiger partial charge in [0.05, 0.1) is 0 Å². The molecule has 0 heteroatoms. The van der Waals surface area contributed by atoms with E-state index in [1.807, 2.05) is 0 Å². The largest absolute Gasteiger partial charge is 0.0776 e. The molecular weight excluding hydrogens is 1090 g/mol. The van der Waals surface area contributed by atoms with Crippen LogP contribution in [0.3, 0.4) is 0 Å². The van der Waals surface area contributed by atoms with Gasteiger partial charge in [-0.2, -0.15) is 0 Å². The summed E-state index contributed by atoms with van der Waals surface area (Å²) in [5.74, 6) is 33.4. The van der Waals surface area contributed by atoms with E-state index in [-0.39, 0.29) is 7.43 Å². The van der Waals surface area contributed by atoms with Crippen molar-refractivity contribution in [2.45, 2.75) is 391 Å². The highest BCUT2D eigenvalue weighted by atomic mass is 14.5. The van der Waals surface area contributed by atoms with Crippen molar-refractivity contribution in [1.82, 2.24) is 0 Å². The van der Waals surface area contributed by atoms with Crippen LogP contribution >= 0.6 is 0 Å². The summed E-state index contributed by atoms with van der Waals surface area (Å²) in [6.07, 6.45) is 76.1. The molecule has 0 aromatic heterocycles. The highest BCUT2D eigenvalue weighted by molar-refractivity contribution is 4.98. The fourth-order valence-electron chi connectivity index (χ4n) is 28.9. The second kappa shape index (κ2) is 33.9. The minimum atomic E-state index is 0. The van der Waals surface area contributed by atoms with Crippen molar-refractivity contribution in [3.8, 4) is 0 Å². The molecule has 24 rings (SSSR count). The van der Waals surface area contributed by atoms with Crippen molar-refractivity contribution < 1.29 is 0 Å². The van der Waals surface area contributed by atoms with Crippen molar-refractivity contribution in [1.29, 1.82) is 0 Å². The first kappa shape index (κ1) is 72.3. The molecule has 0 amide bonds. The monoisotopic (exact) mass is 1260 g/mol. The van der Waals surface area contributed by atoms with Gasteiger partial charge in [-0.05, 0) is 388 Å². The third-order valence-electron chi connectivity index (χ3n) is 34.2. The minimum absolute atomic E-state index is 0. The van der Waals surface area contributed by atoms with Crippen LogP contribution in [-0.4, -0.2) is 0 Å². The lowest BCUT2D eigenvalue weighted by Crippen LogP contribution is -2.35. The quantitative estimate of drug-likeness (QED) is 0.227. The van der Waals surface area contributed by atoms with Gasteiger partial charge in [-0.3, -0.25) is 0 Å². The number of fused-ring (bicyclic) bond motifs is 22. The van der Waals surface area contributed by atoms with Gasteiger partial charge < -0.3 is 0 Å². The molecule has 526 valence electrons. The molecule has 0 aromatic rings. The molecule has 19 atom stereocenters. The van der Waals surface area contributed by atoms with E-state index in [9.17, 15) is 0 Å². The van der Waals surface area contributed by atoms with Crippen molar-refractivity contribution in [2.75, 3.05) is 0 Å². The van der Waals surface area contributed by atoms with E-state index in [1.54, 1.807) is 263 Å². The standard InChI is InChI=1S/C12H20.C10H18.4C9H16.4C8H14.CH4/c1-12-6-9-2-3-10(7-12)5-11(4-9)8-12;1-8-7-9-3-2-4-10(8)6-5-9;1-7-6-8-2-4-9(7)5-3-8;2*1-7-4-8-2-3-9(5-7)6-8;1-7-2-3-8-4-5-9(7)6-8;2*1-6-4-7-2-3-8(6)5-7;2*1-6-7-2-3-8(6)5-4-7;/h9-11H,2-8H2,1H3;8-10H,2-7H2,1H3;4*7-9H,2-6H2,1H3;4*6-8H,2-5H2,1H3;1H4. The zero-order valence-corrected chi connectivity index (χ0v) is 62.5. The third-order valence-corrected chi connectivity index (χ3v) is 34.2. The van der Waals surface area contributed by atoms with Crippen molar-refractivity contribution >= 4 is 0 Å². The first-order valence-corrected chi connectivity index (χ1v) is 43.5. The molecule has 22 bridgehead atoms. The Labute approximate surface area is 571 Å². The molecule has 24 saturated carbocycles. The van der Waals surface area contributed by atoms with Gasteiger partial charge in [0.15, 0.2) is 0 Å². The summed E-state index contributed by atoms with van der Waals surface area (Å²) in [7, 11) is 0. The summed E-state index contributed by atoms with van der Waals surface area (Å²) in [5, 5.41) is 0. The first-order chi connectivity index (χ1) is 43.5. The van der Waals surface area contributed by atoms with E-state index in [0.717, 1.165) is 183 Å². The molecular formula is C91H162. The molecule has 24 aliphatic rings. The zero-order valence-electron chi connectivity index (χ0n) is 62.5. The van der Waals surface area contributed by atoms with Crippen LogP contribution in [0.15, 0.2) is 0 Å². The minimum Gasteiger partial charge on any atom is -0.0776 e. The highest BCUT2D eigenvalue weighted by Gasteiger charge is 2.46. The average Bonchev–Trinajstić information content (AvgIpc) is 3.73. The van der Waals surface area contributed by atoms with Gasteiger partial charge in [0.2, 0.25) is 0 Å². The molecule has 0 N–H and O–H groups in total. The Bertz CT molecular complexity index is 1890. The van der Waals surface area contributed by atoms with Gasteiger partial charge >= 0.3 is 0 Å². The lowest BCUT2D eigenvalue weighted by Gasteiger charge is -2.46. The molecule has 0 heterocycles. The van der Waals surface area contributed by atoms with E-state index in [2.05, 4.69) is 69.2 Å². The van der Waals surface area contributed by atoms with E-state index < -0.39 is 0 Å². The Kier molecular flexibility index (Phi) is 26.9. The average molecular weight is 1260 g/mol. The Morgan fingerprint density at radius 1 is 0.187 bits per heavy atom. The molecule has 0 aromatic carbocycles. The van der Waals surface area contributed by atoms with E-state index >= 15 is 0 Å². The second-order valence-electron chi connectivity index (χ2n) is 41.0. The van der Waals surface area contributed by atoms with Crippen molar-refractivity contribution in [3.05, 3.63) is 0 Å². The normalized spacial score (nSPS) is 51.0. The summed E-state index contributed by atoms with van der Waals surface area (Å²) in [4.78, 5) is 0. The van der Waals surface area contributed by atoms with Gasteiger partial charge in [0.25, 0.3) is 0 Å². The molecule has 0 radical (unpaired) electrons. The third kappa shape index (κ3) is 19.9. The Hall–Kier alpha value is 0. The van der Waals surface area contributed by atoms with Crippen LogP contribution < -0.4 is 0 Å². The Morgan fingerprint density at radius 2 is 0.440 bits per heavy atom. The van der Waals surface area contributed by atoms with Gasteiger partial charge in [0.1, 0.15) is 0 Å². The van der Waals surface area contributed by atoms with Crippen LogP contribution in [0.25, 0.3) is 0 Å². The van der Waals surface area contributed by atoms with Crippen LogP contribution in [0, 0.1) is 183 Å². The van der Waals surface area contributed by atoms with Gasteiger partial charge in [0, 0.05) is 0 Å². The maximum Gasteiger partial charge on any atom is -0.0318 e. The molecule has 0 saturated heterocycles. The summed E-state index contributed by atoms with van der Waals surface area (Å²) < 4.78 is 0. The fourth-order valence-corrected chi connectivity index (χ4v) is 28.9. The Balaban J connectivity index is 0.000000104. The smallest absolute Gasteiger partial charge is 0.0318 e. The van der Waals surface area contributed by atoms with E-state index in [0.29, 0.717) is 0 Å². The van der Waals surface area contributed by atoms with Crippen molar-refractivity contribution in [2.24, 2.45) is 183 Å². The lowest BCUT2D eigenvalue weighted by atomic mass is 9.59. The van der Waals surface area contributed by atoms with E-state index in [4.69, 9.17) is 0 Å². The molecule has 24 fully saturated rings. The predicted molar refractivity (Wildman–Crippen MR) is 397 cm³/mol. The number of rotatable bonds is 0. The molecule has 19 unspecified atom stereocenters. The SMILES string of the molecule is C.CC12CC3CCC(CC(C3)C1)C2.CC1C2CCC1CC2.CC1C2CCC1CC2.CC1CC2CCC(C1)C2.CC1CC2CCC(C1)C2.CC1CC2CCC1C2.CC1CC2CCC1C2.CC1CC2CCC1CC2.CC1CC2CCCC1CC2.CC1CCC2CCC1C2. The molecule has 0 aliphatic heterocycles. The van der Waals surface area contributed by atoms with Crippen LogP contribution in [0.4, 0.5) is 0 Å². The number of hydrogen-bond donors (Lipinski definition) is 0. The summed E-state index contributed by atoms with van der Waals surface area (Å²) in [6, 6.07) is 0. The van der Waals surface area contributed by atoms with Crippen LogP contribution in [-0.2, 0) is 0 Å². The predicted octanol–water partition coefficient (Wildman–Crippen LogP) is 28.6. The molecule has 91 heavy (non-hydrogen) atoms. The molecule has 24 aliphatic carbocycles. The first-order valence-electron chi connectivity index (χ1n) is 43.5. The molecule has 0 spiro atoms. The maximum absolute atomic E-state index is 2.56. The summed E-state index contributed by atoms with van der Waals surface area (Å²) >= 11 is 0. The Morgan fingerprint density at radius 3 is 0.758 bits per heavy atom. The van der Waals surface area contributed by atoms with Crippen LogP contribution in [0.5, 0.6) is 0 Å². The lowest BCUT2D eigenvalue weighted by molar-refractivity contribution is 0.0509. The van der Waals surface area contributed by atoms with Gasteiger partial charge in [-0.15, -0.1) is 0 Å². The van der Waals surface area contributed by atoms with Crippen molar-refractivity contribution in [3.63, 3.8) is 0 Å². The van der Waals surface area contributed by atoms with Crippen LogP contribution in [0.2, 0.25) is 0 Å². The fraction of sp³-hybridized carbons (Fsp3) is 1.00. The summed E-state index contributed by atoms with van der Waals surface area (Å²) in [6.45, 7) is 24.5. The summed E-state index contributed by atoms with van der Waals surface area (Å²) in [5.41, 5.74) is 0.785. The highest BCUT2D eigenvalue weighted by Crippen LogP contribution is 2.58. The van der Waals surface area contributed by atoms with E-state index in [1.165, 1.54) is 51.4 Å². The zero-order chi connectivity index (χ0) is 62.5.